The molecule has 0 saturated carbocycles. The molecule has 0 bridgehead atoms. The second-order valence-electron chi connectivity index (χ2n) is 4.73. The topological polar surface area (TPSA) is 51.4 Å². The predicted octanol–water partition coefficient (Wildman–Crippen LogP) is 3.08. The van der Waals surface area contributed by atoms with Gasteiger partial charge in [-0.25, -0.2) is 0 Å². The third-order valence-electron chi connectivity index (χ3n) is 2.87. The number of pyridine rings is 1. The van der Waals surface area contributed by atoms with Gasteiger partial charge >= 0.3 is 0 Å². The summed E-state index contributed by atoms with van der Waals surface area (Å²) in [6, 6.07) is 3.86. The molecule has 0 atom stereocenters. The Balaban J connectivity index is 2.75. The summed E-state index contributed by atoms with van der Waals surface area (Å²) in [5, 5.41) is 0. The molecule has 1 heterocycles. The largest absolute Gasteiger partial charge is 0.478 e. The second-order valence-corrected chi connectivity index (χ2v) is 4.73. The maximum absolute atomic E-state index is 5.87. The van der Waals surface area contributed by atoms with Gasteiger partial charge in [0.1, 0.15) is 5.82 Å². The number of nitrogen functional groups attached to an aromatic ring is 1. The van der Waals surface area contributed by atoms with Crippen molar-refractivity contribution < 1.29 is 4.74 Å². The van der Waals surface area contributed by atoms with E-state index in [0.29, 0.717) is 24.7 Å². The summed E-state index contributed by atoms with van der Waals surface area (Å²) in [6.07, 6.45) is 8.95. The lowest BCUT2D eigenvalue weighted by Crippen LogP contribution is -2.25. The molecule has 1 aromatic heterocycles. The molecule has 0 aliphatic heterocycles. The number of nitrogens with zero attached hydrogens (tertiary/aromatic N) is 2. The van der Waals surface area contributed by atoms with E-state index in [-0.39, 0.29) is 0 Å². The Morgan fingerprint density at radius 2 is 2.00 bits per heavy atom. The highest BCUT2D eigenvalue weighted by molar-refractivity contribution is 5.55. The molecule has 0 spiro atoms. The molecule has 0 saturated heterocycles. The summed E-state index contributed by atoms with van der Waals surface area (Å²) >= 11 is 0. The maximum Gasteiger partial charge on any atom is 0.217 e. The second kappa shape index (κ2) is 9.08. The first-order chi connectivity index (χ1) is 9.71. The fourth-order valence-corrected chi connectivity index (χ4v) is 2.03. The highest BCUT2D eigenvalue weighted by atomic mass is 16.5. The van der Waals surface area contributed by atoms with Crippen LogP contribution < -0.4 is 15.4 Å². The monoisotopic (exact) mass is 275 g/mol. The molecule has 0 aliphatic carbocycles. The molecule has 1 aromatic rings. The Morgan fingerprint density at radius 3 is 2.60 bits per heavy atom. The van der Waals surface area contributed by atoms with Crippen LogP contribution in [0.25, 0.3) is 0 Å². The molecule has 0 unspecified atom stereocenters. The summed E-state index contributed by atoms with van der Waals surface area (Å²) in [7, 11) is 0. The summed E-state index contributed by atoms with van der Waals surface area (Å²) < 4.78 is 5.62. The van der Waals surface area contributed by atoms with Crippen molar-refractivity contribution >= 4 is 11.5 Å². The van der Waals surface area contributed by atoms with Crippen LogP contribution in [0.15, 0.2) is 12.1 Å². The minimum atomic E-state index is 0.492. The minimum absolute atomic E-state index is 0.492. The average molecular weight is 275 g/mol. The lowest BCUT2D eigenvalue weighted by atomic mass is 10.3. The van der Waals surface area contributed by atoms with Crippen molar-refractivity contribution in [2.24, 2.45) is 0 Å². The first-order valence-corrected chi connectivity index (χ1v) is 7.30. The van der Waals surface area contributed by atoms with Crippen molar-refractivity contribution in [3.05, 3.63) is 12.1 Å². The van der Waals surface area contributed by atoms with Crippen LogP contribution in [-0.2, 0) is 0 Å². The summed E-state index contributed by atoms with van der Waals surface area (Å²) in [5.74, 6) is 3.67. The van der Waals surface area contributed by atoms with Crippen LogP contribution in [-0.4, -0.2) is 24.7 Å². The Morgan fingerprint density at radius 1 is 1.30 bits per heavy atom. The van der Waals surface area contributed by atoms with Gasteiger partial charge in [-0.05, 0) is 19.3 Å². The van der Waals surface area contributed by atoms with Gasteiger partial charge < -0.3 is 15.4 Å². The van der Waals surface area contributed by atoms with E-state index in [1.54, 1.807) is 0 Å². The van der Waals surface area contributed by atoms with E-state index in [0.717, 1.165) is 38.0 Å². The molecule has 1 rings (SSSR count). The maximum atomic E-state index is 5.87. The summed E-state index contributed by atoms with van der Waals surface area (Å²) in [4.78, 5) is 6.52. The van der Waals surface area contributed by atoms with Gasteiger partial charge in [-0.3, -0.25) is 0 Å². The van der Waals surface area contributed by atoms with Gasteiger partial charge in [-0.15, -0.1) is 12.3 Å². The van der Waals surface area contributed by atoms with Gasteiger partial charge in [0.15, 0.2) is 0 Å². The van der Waals surface area contributed by atoms with Crippen LogP contribution in [0.4, 0.5) is 11.5 Å². The number of unbranched alkanes of at least 4 members (excludes halogenated alkanes) is 1. The normalized spacial score (nSPS) is 10.1. The number of ether oxygens (including phenoxy) is 1. The standard InChI is InChI=1S/C16H25N3O/c1-4-7-8-11-20-16-13-14(12-15(17)18-16)19(9-5-2)10-6-3/h1,12-13H,5-11H2,2-3H3,(H2,17,18). The number of hydrogen-bond acceptors (Lipinski definition) is 4. The number of aromatic nitrogens is 1. The zero-order chi connectivity index (χ0) is 14.8. The zero-order valence-corrected chi connectivity index (χ0v) is 12.6. The Labute approximate surface area is 122 Å². The van der Waals surface area contributed by atoms with Gasteiger partial charge in [-0.2, -0.15) is 4.98 Å². The number of hydrogen-bond donors (Lipinski definition) is 1. The van der Waals surface area contributed by atoms with Crippen LogP contribution in [0.1, 0.15) is 39.5 Å². The summed E-state index contributed by atoms with van der Waals surface area (Å²) in [5.41, 5.74) is 6.95. The third-order valence-corrected chi connectivity index (χ3v) is 2.87. The highest BCUT2D eigenvalue weighted by Crippen LogP contribution is 2.23. The van der Waals surface area contributed by atoms with E-state index in [4.69, 9.17) is 16.9 Å². The quantitative estimate of drug-likeness (QED) is 0.556. The number of terminal acetylenes is 1. The Bertz CT molecular complexity index is 434. The van der Waals surface area contributed by atoms with Crippen LogP contribution >= 0.6 is 0 Å². The molecule has 0 amide bonds. The summed E-state index contributed by atoms with van der Waals surface area (Å²) in [6.45, 7) is 6.93. The van der Waals surface area contributed by atoms with Crippen LogP contribution in [0, 0.1) is 12.3 Å². The zero-order valence-electron chi connectivity index (χ0n) is 12.6. The first kappa shape index (κ1) is 16.2. The first-order valence-electron chi connectivity index (χ1n) is 7.30. The van der Waals surface area contributed by atoms with E-state index < -0.39 is 0 Å². The van der Waals surface area contributed by atoms with E-state index >= 15 is 0 Å². The third kappa shape index (κ3) is 5.40. The molecule has 0 aliphatic rings. The molecule has 20 heavy (non-hydrogen) atoms. The molecule has 4 nitrogen and oxygen atoms in total. The minimum Gasteiger partial charge on any atom is -0.478 e. The lowest BCUT2D eigenvalue weighted by Gasteiger charge is -2.24. The SMILES string of the molecule is C#CCCCOc1cc(N(CCC)CCC)cc(N)n1. The van der Waals surface area contributed by atoms with Gasteiger partial charge in [0.25, 0.3) is 0 Å². The smallest absolute Gasteiger partial charge is 0.217 e. The molecule has 0 aromatic carbocycles. The molecule has 0 fully saturated rings. The number of nitrogens with two attached hydrogens (primary N) is 1. The molecule has 2 N–H and O–H groups in total. The Kier molecular flexibility index (Phi) is 7.34. The molecular weight excluding hydrogens is 250 g/mol. The van der Waals surface area contributed by atoms with Crippen LogP contribution in [0.3, 0.4) is 0 Å². The lowest BCUT2D eigenvalue weighted by molar-refractivity contribution is 0.301. The van der Waals surface area contributed by atoms with Crippen molar-refractivity contribution in [3.8, 4) is 18.2 Å². The van der Waals surface area contributed by atoms with Crippen molar-refractivity contribution in [2.45, 2.75) is 39.5 Å². The Hall–Kier alpha value is -1.89. The van der Waals surface area contributed by atoms with Crippen LogP contribution in [0.5, 0.6) is 5.88 Å². The fraction of sp³-hybridized carbons (Fsp3) is 0.562. The number of rotatable bonds is 9. The van der Waals surface area contributed by atoms with E-state index in [9.17, 15) is 0 Å². The average Bonchev–Trinajstić information content (AvgIpc) is 2.43. The molecule has 110 valence electrons. The molecule has 0 radical (unpaired) electrons. The van der Waals surface area contributed by atoms with Gasteiger partial charge in [0.2, 0.25) is 5.88 Å². The van der Waals surface area contributed by atoms with E-state index in [1.165, 1.54) is 0 Å². The molecular formula is C16H25N3O. The van der Waals surface area contributed by atoms with E-state index in [2.05, 4.69) is 29.7 Å². The number of anilines is 2. The van der Waals surface area contributed by atoms with Gasteiger partial charge in [0, 0.05) is 37.3 Å². The van der Waals surface area contributed by atoms with Crippen LogP contribution in [0.2, 0.25) is 0 Å². The predicted molar refractivity (Wildman–Crippen MR) is 85.0 cm³/mol. The highest BCUT2D eigenvalue weighted by Gasteiger charge is 2.08. The fourth-order valence-electron chi connectivity index (χ4n) is 2.03. The molecule has 4 heteroatoms. The van der Waals surface area contributed by atoms with E-state index in [1.807, 2.05) is 12.1 Å². The van der Waals surface area contributed by atoms with Crippen molar-refractivity contribution in [1.82, 2.24) is 4.98 Å². The van der Waals surface area contributed by atoms with Gasteiger partial charge in [-0.1, -0.05) is 13.8 Å². The van der Waals surface area contributed by atoms with Crippen molar-refractivity contribution in [3.63, 3.8) is 0 Å². The van der Waals surface area contributed by atoms with Crippen molar-refractivity contribution in [2.75, 3.05) is 30.3 Å². The van der Waals surface area contributed by atoms with Crippen molar-refractivity contribution in [1.29, 1.82) is 0 Å². The van der Waals surface area contributed by atoms with Gasteiger partial charge in [0.05, 0.1) is 6.61 Å².